The molecule has 4 aliphatic carbocycles. The lowest BCUT2D eigenvalue weighted by Crippen LogP contribution is -2.47. The van der Waals surface area contributed by atoms with Gasteiger partial charge < -0.3 is 9.22 Å². The summed E-state index contributed by atoms with van der Waals surface area (Å²) in [5.41, 5.74) is 3.88. The summed E-state index contributed by atoms with van der Waals surface area (Å²) in [4.78, 5) is 11.9. The van der Waals surface area contributed by atoms with Gasteiger partial charge in [-0.15, -0.1) is 0 Å². The van der Waals surface area contributed by atoms with Crippen LogP contribution in [0.25, 0.3) is 0 Å². The van der Waals surface area contributed by atoms with Crippen LogP contribution in [-0.4, -0.2) is 21.2 Å². The van der Waals surface area contributed by atoms with Crippen LogP contribution in [0.5, 0.6) is 0 Å². The number of carbonyl (C=O) groups excluding carboxylic acids is 1. The highest BCUT2D eigenvalue weighted by molar-refractivity contribution is 6.69. The zero-order valence-corrected chi connectivity index (χ0v) is 17.5. The minimum absolute atomic E-state index is 0.151. The van der Waals surface area contributed by atoms with Crippen molar-refractivity contribution < 1.29 is 9.22 Å². The Morgan fingerprint density at radius 3 is 2.64 bits per heavy atom. The maximum Gasteiger partial charge on any atom is 0.183 e. The molecular weight excluding hydrogens is 324 g/mol. The van der Waals surface area contributed by atoms with Crippen molar-refractivity contribution in [2.24, 2.45) is 29.1 Å². The number of allylic oxidation sites excluding steroid dienone is 2. The minimum Gasteiger partial charge on any atom is -0.417 e. The summed E-state index contributed by atoms with van der Waals surface area (Å²) in [7, 11) is -1.55. The van der Waals surface area contributed by atoms with E-state index in [0.29, 0.717) is 5.92 Å². The predicted octanol–water partition coefficient (Wildman–Crippen LogP) is 5.74. The van der Waals surface area contributed by atoms with Gasteiger partial charge in [0.15, 0.2) is 8.32 Å². The van der Waals surface area contributed by atoms with Crippen LogP contribution < -0.4 is 0 Å². The molecule has 2 nitrogen and oxygen atoms in total. The van der Waals surface area contributed by atoms with Gasteiger partial charge in [-0.05, 0) is 95.2 Å². The molecule has 1 unspecified atom stereocenters. The summed E-state index contributed by atoms with van der Waals surface area (Å²) >= 11 is 0. The second kappa shape index (κ2) is 6.63. The number of carbonyl (C=O) groups is 1. The number of hydrogen-bond acceptors (Lipinski definition) is 2. The van der Waals surface area contributed by atoms with Crippen molar-refractivity contribution in [3.63, 3.8) is 0 Å². The standard InChI is InChI=1S/C22H36O2Si/c1-25(2,3)24-15-22-13-12-19-18-7-5-4-6-16(18)8-10-20(19)21(22)11-9-17(22)14-23/h14,16-17,20-21H,4-13,15H2,1-3H3/t16?,17-,20-,21+,22+/m1/s1. The maximum atomic E-state index is 11.9. The topological polar surface area (TPSA) is 26.3 Å². The third kappa shape index (κ3) is 3.10. The van der Waals surface area contributed by atoms with Crippen molar-refractivity contribution >= 4 is 14.6 Å². The van der Waals surface area contributed by atoms with E-state index >= 15 is 0 Å². The Morgan fingerprint density at radius 1 is 1.04 bits per heavy atom. The van der Waals surface area contributed by atoms with E-state index < -0.39 is 8.32 Å². The van der Waals surface area contributed by atoms with E-state index in [2.05, 4.69) is 19.6 Å². The Bertz CT molecular complexity index is 561. The zero-order valence-electron chi connectivity index (χ0n) is 16.5. The van der Waals surface area contributed by atoms with Gasteiger partial charge in [0.05, 0.1) is 0 Å². The fraction of sp³-hybridized carbons (Fsp3) is 0.864. The molecule has 3 fully saturated rings. The first-order chi connectivity index (χ1) is 11.9. The Balaban J connectivity index is 1.64. The molecule has 5 atom stereocenters. The molecule has 0 aliphatic heterocycles. The lowest BCUT2D eigenvalue weighted by molar-refractivity contribution is -0.117. The second-order valence-corrected chi connectivity index (χ2v) is 14.8. The van der Waals surface area contributed by atoms with Gasteiger partial charge in [-0.1, -0.05) is 17.6 Å². The van der Waals surface area contributed by atoms with Crippen LogP contribution in [0.2, 0.25) is 19.6 Å². The van der Waals surface area contributed by atoms with E-state index in [1.807, 2.05) is 11.1 Å². The van der Waals surface area contributed by atoms with Gasteiger partial charge in [0, 0.05) is 17.9 Å². The molecule has 0 saturated heterocycles. The van der Waals surface area contributed by atoms with Crippen molar-refractivity contribution in [3.05, 3.63) is 11.1 Å². The van der Waals surface area contributed by atoms with Gasteiger partial charge in [-0.2, -0.15) is 0 Å². The Kier molecular flexibility index (Phi) is 4.77. The van der Waals surface area contributed by atoms with E-state index in [0.717, 1.165) is 24.9 Å². The molecule has 0 amide bonds. The Labute approximate surface area is 154 Å². The summed E-state index contributed by atoms with van der Waals surface area (Å²) in [6.07, 6.45) is 14.6. The molecule has 4 rings (SSSR count). The van der Waals surface area contributed by atoms with Gasteiger partial charge in [0.2, 0.25) is 0 Å². The zero-order chi connectivity index (χ0) is 17.7. The normalized spacial score (nSPS) is 41.1. The van der Waals surface area contributed by atoms with Crippen LogP contribution in [-0.2, 0) is 9.22 Å². The van der Waals surface area contributed by atoms with Gasteiger partial charge >= 0.3 is 0 Å². The fourth-order valence-corrected chi connectivity index (χ4v) is 7.50. The molecule has 140 valence electrons. The molecule has 25 heavy (non-hydrogen) atoms. The summed E-state index contributed by atoms with van der Waals surface area (Å²) in [6.45, 7) is 7.70. The lowest BCUT2D eigenvalue weighted by atomic mass is 9.54. The van der Waals surface area contributed by atoms with Crippen LogP contribution in [0, 0.1) is 29.1 Å². The first kappa shape index (κ1) is 18.0. The van der Waals surface area contributed by atoms with Crippen LogP contribution in [0.4, 0.5) is 0 Å². The van der Waals surface area contributed by atoms with E-state index in [9.17, 15) is 4.79 Å². The average Bonchev–Trinajstić information content (AvgIpc) is 2.98. The van der Waals surface area contributed by atoms with Gasteiger partial charge in [0.25, 0.3) is 0 Å². The molecule has 0 spiro atoms. The first-order valence-electron chi connectivity index (χ1n) is 10.8. The van der Waals surface area contributed by atoms with E-state index in [1.165, 1.54) is 64.1 Å². The molecule has 0 aromatic heterocycles. The molecule has 0 radical (unpaired) electrons. The van der Waals surface area contributed by atoms with Crippen molar-refractivity contribution in [3.8, 4) is 0 Å². The van der Waals surface area contributed by atoms with Crippen molar-refractivity contribution in [2.45, 2.75) is 83.8 Å². The highest BCUT2D eigenvalue weighted by Crippen LogP contribution is 2.62. The van der Waals surface area contributed by atoms with Crippen molar-refractivity contribution in [1.82, 2.24) is 0 Å². The largest absolute Gasteiger partial charge is 0.417 e. The minimum atomic E-state index is -1.55. The summed E-state index contributed by atoms with van der Waals surface area (Å²) in [6, 6.07) is 0. The number of aldehydes is 1. The molecule has 3 saturated carbocycles. The van der Waals surface area contributed by atoms with E-state index in [-0.39, 0.29) is 11.3 Å². The van der Waals surface area contributed by atoms with Gasteiger partial charge in [0.1, 0.15) is 6.29 Å². The molecule has 0 bridgehead atoms. The number of hydrogen-bond donors (Lipinski definition) is 0. The van der Waals surface area contributed by atoms with E-state index in [1.54, 1.807) is 0 Å². The summed E-state index contributed by atoms with van der Waals surface area (Å²) < 4.78 is 6.46. The highest BCUT2D eigenvalue weighted by atomic mass is 28.4. The lowest BCUT2D eigenvalue weighted by Gasteiger charge is -2.51. The molecule has 3 heteroatoms. The smallest absolute Gasteiger partial charge is 0.183 e. The summed E-state index contributed by atoms with van der Waals surface area (Å²) in [5, 5.41) is 0. The molecule has 0 N–H and O–H groups in total. The SMILES string of the molecule is C[Si](C)(C)OC[C@]12CCC3=C4CCCCC4CC[C@H]3[C@@H]1CC[C@@H]2C=O. The van der Waals surface area contributed by atoms with Crippen molar-refractivity contribution in [2.75, 3.05) is 6.61 Å². The third-order valence-corrected chi connectivity index (χ3v) is 8.99. The quantitative estimate of drug-likeness (QED) is 0.363. The molecule has 4 aliphatic rings. The fourth-order valence-electron chi connectivity index (χ4n) is 6.80. The number of fused-ring (bicyclic) bond motifs is 4. The predicted molar refractivity (Wildman–Crippen MR) is 105 cm³/mol. The average molecular weight is 361 g/mol. The van der Waals surface area contributed by atoms with Crippen LogP contribution in [0.3, 0.4) is 0 Å². The Hall–Kier alpha value is -0.413. The molecule has 0 aromatic rings. The van der Waals surface area contributed by atoms with E-state index in [4.69, 9.17) is 4.43 Å². The van der Waals surface area contributed by atoms with Crippen LogP contribution in [0.15, 0.2) is 11.1 Å². The monoisotopic (exact) mass is 360 g/mol. The van der Waals surface area contributed by atoms with Crippen LogP contribution in [0.1, 0.15) is 64.2 Å². The van der Waals surface area contributed by atoms with Gasteiger partial charge in [-0.25, -0.2) is 0 Å². The molecule has 0 heterocycles. The maximum absolute atomic E-state index is 11.9. The molecular formula is C22H36O2Si. The van der Waals surface area contributed by atoms with Crippen LogP contribution >= 0.6 is 0 Å². The van der Waals surface area contributed by atoms with Gasteiger partial charge in [-0.3, -0.25) is 0 Å². The number of rotatable bonds is 4. The molecule has 0 aromatic carbocycles. The van der Waals surface area contributed by atoms with Crippen molar-refractivity contribution in [1.29, 1.82) is 0 Å². The summed E-state index contributed by atoms with van der Waals surface area (Å²) in [5.74, 6) is 2.63. The second-order valence-electron chi connectivity index (χ2n) is 10.2. The third-order valence-electron chi connectivity index (χ3n) is 7.98. The highest BCUT2D eigenvalue weighted by Gasteiger charge is 2.56. The Morgan fingerprint density at radius 2 is 1.88 bits per heavy atom. The first-order valence-corrected chi connectivity index (χ1v) is 14.2.